The highest BCUT2D eigenvalue weighted by atomic mass is 79.9. The number of benzene rings is 3. The van der Waals surface area contributed by atoms with E-state index < -0.39 is 0 Å². The third kappa shape index (κ3) is 3.62. The lowest BCUT2D eigenvalue weighted by atomic mass is 9.60. The highest BCUT2D eigenvalue weighted by Crippen LogP contribution is 2.61. The molecule has 0 N–H and O–H groups in total. The maximum Gasteiger partial charge on any atom is 0.313 e. The summed E-state index contributed by atoms with van der Waals surface area (Å²) in [4.78, 5) is 25.2. The van der Waals surface area contributed by atoms with Crippen molar-refractivity contribution < 1.29 is 19.1 Å². The number of halogens is 2. The Morgan fingerprint density at radius 2 is 1.06 bits per heavy atom. The smallest absolute Gasteiger partial charge is 0.313 e. The Morgan fingerprint density at radius 1 is 0.676 bits per heavy atom. The monoisotopic (exact) mass is 582 g/mol. The van der Waals surface area contributed by atoms with Crippen molar-refractivity contribution in [3.8, 4) is 11.5 Å². The molecule has 6 heteroatoms. The first-order valence-corrected chi connectivity index (χ1v) is 13.0. The minimum Gasteiger partial charge on any atom is -0.426 e. The van der Waals surface area contributed by atoms with Gasteiger partial charge in [-0.15, -0.1) is 0 Å². The topological polar surface area (TPSA) is 52.6 Å². The average Bonchev–Trinajstić information content (AvgIpc) is 2.80. The molecule has 3 aromatic carbocycles. The van der Waals surface area contributed by atoms with E-state index in [-0.39, 0.29) is 35.6 Å². The van der Waals surface area contributed by atoms with E-state index in [9.17, 15) is 9.59 Å². The van der Waals surface area contributed by atoms with E-state index in [0.29, 0.717) is 11.5 Å². The molecule has 3 aliphatic carbocycles. The standard InChI is InChI=1S/C28H24Br2O4/c1-13(2)27(31)33-21-9-10-22(34-28(32)14(3)4)26-24-16-8-6-5-7-15(16)23(25(21)26)17-11-19(29)20(30)12-18(17)24/h5-14,23-24H,1-4H3/t23-,24+. The van der Waals surface area contributed by atoms with Crippen molar-refractivity contribution in [1.29, 1.82) is 0 Å². The summed E-state index contributed by atoms with van der Waals surface area (Å²) >= 11 is 7.33. The van der Waals surface area contributed by atoms with E-state index in [1.807, 2.05) is 39.8 Å². The fourth-order valence-electron chi connectivity index (χ4n) is 4.89. The Morgan fingerprint density at radius 3 is 1.41 bits per heavy atom. The molecule has 6 rings (SSSR count). The highest BCUT2D eigenvalue weighted by molar-refractivity contribution is 9.13. The quantitative estimate of drug-likeness (QED) is 0.164. The van der Waals surface area contributed by atoms with Crippen LogP contribution in [0.3, 0.4) is 0 Å². The second-order valence-electron chi connectivity index (χ2n) is 9.43. The molecule has 34 heavy (non-hydrogen) atoms. The van der Waals surface area contributed by atoms with Crippen molar-refractivity contribution in [1.82, 2.24) is 0 Å². The molecule has 0 amide bonds. The molecular weight excluding hydrogens is 560 g/mol. The summed E-state index contributed by atoms with van der Waals surface area (Å²) in [7, 11) is 0. The highest BCUT2D eigenvalue weighted by Gasteiger charge is 2.45. The fraction of sp³-hybridized carbons (Fsp3) is 0.286. The number of ether oxygens (including phenoxy) is 2. The third-order valence-electron chi connectivity index (χ3n) is 6.51. The van der Waals surface area contributed by atoms with Gasteiger partial charge >= 0.3 is 11.9 Å². The molecule has 3 aliphatic rings. The van der Waals surface area contributed by atoms with Crippen LogP contribution in [0.15, 0.2) is 57.5 Å². The zero-order chi connectivity index (χ0) is 24.3. The van der Waals surface area contributed by atoms with E-state index in [4.69, 9.17) is 9.47 Å². The van der Waals surface area contributed by atoms with E-state index >= 15 is 0 Å². The average molecular weight is 584 g/mol. The molecule has 0 heterocycles. The zero-order valence-corrected chi connectivity index (χ0v) is 22.5. The third-order valence-corrected chi connectivity index (χ3v) is 8.36. The minimum absolute atomic E-state index is 0.150. The molecule has 2 bridgehead atoms. The van der Waals surface area contributed by atoms with E-state index in [1.165, 1.54) is 11.1 Å². The van der Waals surface area contributed by atoms with E-state index in [2.05, 4.69) is 56.1 Å². The Hall–Kier alpha value is -2.44. The van der Waals surface area contributed by atoms with Crippen molar-refractivity contribution >= 4 is 43.8 Å². The van der Waals surface area contributed by atoms with Gasteiger partial charge in [0.15, 0.2) is 0 Å². The Bertz CT molecular complexity index is 1240. The first-order chi connectivity index (χ1) is 16.2. The number of carbonyl (C=O) groups excluding carboxylic acids is 2. The predicted molar refractivity (Wildman–Crippen MR) is 138 cm³/mol. The molecule has 174 valence electrons. The molecule has 0 aliphatic heterocycles. The molecular formula is C28H24Br2O4. The van der Waals surface area contributed by atoms with Crippen molar-refractivity contribution in [2.75, 3.05) is 0 Å². The van der Waals surface area contributed by atoms with Crippen molar-refractivity contribution in [2.45, 2.75) is 39.5 Å². The molecule has 2 atom stereocenters. The van der Waals surface area contributed by atoms with Gasteiger partial charge in [-0.05, 0) is 78.4 Å². The van der Waals surface area contributed by atoms with Gasteiger partial charge in [0, 0.05) is 31.9 Å². The van der Waals surface area contributed by atoms with Crippen LogP contribution in [-0.4, -0.2) is 11.9 Å². The first kappa shape index (κ1) is 23.3. The molecule has 0 spiro atoms. The predicted octanol–water partition coefficient (Wildman–Crippen LogP) is 7.32. The largest absolute Gasteiger partial charge is 0.426 e. The Kier molecular flexibility index (Phi) is 5.93. The molecule has 0 radical (unpaired) electrons. The summed E-state index contributed by atoms with van der Waals surface area (Å²) in [5.74, 6) is -0.368. The maximum absolute atomic E-state index is 12.6. The lowest BCUT2D eigenvalue weighted by molar-refractivity contribution is -0.138. The van der Waals surface area contributed by atoms with Crippen LogP contribution in [0.2, 0.25) is 0 Å². The fourth-order valence-corrected chi connectivity index (χ4v) is 5.62. The van der Waals surface area contributed by atoms with Gasteiger partial charge in [0.05, 0.1) is 11.8 Å². The Labute approximate surface area is 215 Å². The number of esters is 2. The second kappa shape index (κ2) is 8.65. The first-order valence-electron chi connectivity index (χ1n) is 11.4. The normalized spacial score (nSPS) is 17.3. The van der Waals surface area contributed by atoms with Crippen LogP contribution in [0.4, 0.5) is 0 Å². The number of rotatable bonds is 4. The van der Waals surface area contributed by atoms with E-state index in [1.54, 1.807) is 12.1 Å². The number of hydrogen-bond donors (Lipinski definition) is 0. The summed E-state index contributed by atoms with van der Waals surface area (Å²) in [5.41, 5.74) is 6.45. The SMILES string of the molecule is CC(C)C(=O)Oc1ccc(OC(=O)C(C)C)c2c1[C@@H]1c3ccccc3[C@H]2c2cc(Br)c(Br)cc21. The van der Waals surface area contributed by atoms with E-state index in [0.717, 1.165) is 31.2 Å². The number of carbonyl (C=O) groups is 2. The van der Waals surface area contributed by atoms with Crippen LogP contribution < -0.4 is 9.47 Å². The minimum atomic E-state index is -0.291. The van der Waals surface area contributed by atoms with Gasteiger partial charge in [-0.1, -0.05) is 52.0 Å². The van der Waals surface area contributed by atoms with Crippen molar-refractivity contribution in [3.63, 3.8) is 0 Å². The van der Waals surface area contributed by atoms with Gasteiger partial charge in [-0.25, -0.2) is 0 Å². The van der Waals surface area contributed by atoms with Crippen LogP contribution in [0.1, 0.15) is 72.9 Å². The molecule has 0 saturated carbocycles. The summed E-state index contributed by atoms with van der Waals surface area (Å²) < 4.78 is 13.8. The molecule has 4 nitrogen and oxygen atoms in total. The van der Waals surface area contributed by atoms with Crippen molar-refractivity contribution in [2.24, 2.45) is 11.8 Å². The van der Waals surface area contributed by atoms with Gasteiger partial charge in [0.2, 0.25) is 0 Å². The molecule has 0 saturated heterocycles. The van der Waals surface area contributed by atoms with Crippen LogP contribution in [0.5, 0.6) is 11.5 Å². The van der Waals surface area contributed by atoms with Gasteiger partial charge in [0.25, 0.3) is 0 Å². The van der Waals surface area contributed by atoms with Gasteiger partial charge in [0.1, 0.15) is 11.5 Å². The second-order valence-corrected chi connectivity index (χ2v) is 11.1. The van der Waals surface area contributed by atoms with Gasteiger partial charge in [-0.3, -0.25) is 9.59 Å². The summed E-state index contributed by atoms with van der Waals surface area (Å²) in [6, 6.07) is 16.1. The molecule has 0 fully saturated rings. The van der Waals surface area contributed by atoms with Crippen LogP contribution in [-0.2, 0) is 9.59 Å². The lowest BCUT2D eigenvalue weighted by Crippen LogP contribution is -2.30. The summed E-state index contributed by atoms with van der Waals surface area (Å²) in [5, 5.41) is 0. The molecule has 3 aromatic rings. The van der Waals surface area contributed by atoms with Gasteiger partial charge in [-0.2, -0.15) is 0 Å². The number of hydrogen-bond acceptors (Lipinski definition) is 4. The molecule has 0 aromatic heterocycles. The Balaban J connectivity index is 1.81. The lowest BCUT2D eigenvalue weighted by Gasteiger charge is -2.43. The van der Waals surface area contributed by atoms with Gasteiger partial charge < -0.3 is 9.47 Å². The maximum atomic E-state index is 12.6. The van der Waals surface area contributed by atoms with Crippen LogP contribution in [0.25, 0.3) is 0 Å². The van der Waals surface area contributed by atoms with Crippen LogP contribution in [0, 0.1) is 11.8 Å². The van der Waals surface area contributed by atoms with Crippen molar-refractivity contribution in [3.05, 3.63) is 90.9 Å². The zero-order valence-electron chi connectivity index (χ0n) is 19.3. The summed E-state index contributed by atoms with van der Waals surface area (Å²) in [6.07, 6.45) is 0. The molecule has 0 unspecified atom stereocenters. The summed E-state index contributed by atoms with van der Waals surface area (Å²) in [6.45, 7) is 7.27. The van der Waals surface area contributed by atoms with Crippen LogP contribution >= 0.6 is 31.9 Å².